The van der Waals surface area contributed by atoms with E-state index in [1.54, 1.807) is 0 Å². The SMILES string of the molecule is CC.CC1CCC(COC2CCC(O)C(F)C2F)CC1. The summed E-state index contributed by atoms with van der Waals surface area (Å²) in [6.07, 6.45) is 0.132. The van der Waals surface area contributed by atoms with Gasteiger partial charge >= 0.3 is 0 Å². The molecular formula is C16H30F2O2. The molecular weight excluding hydrogens is 262 g/mol. The van der Waals surface area contributed by atoms with Crippen LogP contribution in [0.4, 0.5) is 8.78 Å². The third-order valence-corrected chi connectivity index (χ3v) is 4.46. The molecule has 20 heavy (non-hydrogen) atoms. The molecule has 0 spiro atoms. The summed E-state index contributed by atoms with van der Waals surface area (Å²) in [5.41, 5.74) is 0. The van der Waals surface area contributed by atoms with Crippen LogP contribution in [0.25, 0.3) is 0 Å². The second-order valence-corrected chi connectivity index (χ2v) is 6.03. The van der Waals surface area contributed by atoms with Crippen LogP contribution >= 0.6 is 0 Å². The molecule has 4 atom stereocenters. The molecule has 4 heteroatoms. The van der Waals surface area contributed by atoms with E-state index in [0.717, 1.165) is 18.8 Å². The van der Waals surface area contributed by atoms with Gasteiger partial charge in [0.1, 0.15) is 0 Å². The van der Waals surface area contributed by atoms with Gasteiger partial charge in [0.05, 0.1) is 12.2 Å². The van der Waals surface area contributed by atoms with Crippen molar-refractivity contribution in [3.63, 3.8) is 0 Å². The zero-order valence-electron chi connectivity index (χ0n) is 13.0. The third kappa shape index (κ3) is 4.96. The average molecular weight is 292 g/mol. The largest absolute Gasteiger partial charge is 0.390 e. The Labute approximate surface area is 121 Å². The molecule has 2 nitrogen and oxygen atoms in total. The molecule has 0 heterocycles. The molecule has 0 saturated heterocycles. The Morgan fingerprint density at radius 2 is 1.55 bits per heavy atom. The molecule has 0 aromatic heterocycles. The number of rotatable bonds is 3. The number of hydrogen-bond donors (Lipinski definition) is 1. The molecule has 0 amide bonds. The van der Waals surface area contributed by atoms with E-state index < -0.39 is 24.6 Å². The summed E-state index contributed by atoms with van der Waals surface area (Å²) in [5, 5.41) is 9.24. The van der Waals surface area contributed by atoms with E-state index >= 15 is 0 Å². The Hall–Kier alpha value is -0.220. The van der Waals surface area contributed by atoms with Gasteiger partial charge in [0.2, 0.25) is 0 Å². The molecule has 120 valence electrons. The topological polar surface area (TPSA) is 29.5 Å². The average Bonchev–Trinajstić information content (AvgIpc) is 2.48. The van der Waals surface area contributed by atoms with E-state index in [1.807, 2.05) is 13.8 Å². The van der Waals surface area contributed by atoms with Gasteiger partial charge in [-0.2, -0.15) is 0 Å². The van der Waals surface area contributed by atoms with E-state index in [1.165, 1.54) is 12.8 Å². The van der Waals surface area contributed by atoms with E-state index in [-0.39, 0.29) is 0 Å². The minimum Gasteiger partial charge on any atom is -0.390 e. The number of aliphatic hydroxyl groups is 1. The lowest BCUT2D eigenvalue weighted by Gasteiger charge is -2.34. The number of hydrogen-bond acceptors (Lipinski definition) is 2. The van der Waals surface area contributed by atoms with Crippen LogP contribution < -0.4 is 0 Å². The van der Waals surface area contributed by atoms with Crippen LogP contribution in [0, 0.1) is 11.8 Å². The van der Waals surface area contributed by atoms with E-state index in [9.17, 15) is 13.9 Å². The summed E-state index contributed by atoms with van der Waals surface area (Å²) >= 11 is 0. The Morgan fingerprint density at radius 1 is 0.950 bits per heavy atom. The van der Waals surface area contributed by atoms with Gasteiger partial charge in [0.15, 0.2) is 12.3 Å². The fraction of sp³-hybridized carbons (Fsp3) is 1.00. The van der Waals surface area contributed by atoms with Crippen molar-refractivity contribution >= 4 is 0 Å². The van der Waals surface area contributed by atoms with Crippen molar-refractivity contribution in [3.05, 3.63) is 0 Å². The number of aliphatic hydroxyl groups excluding tert-OH is 1. The Bertz CT molecular complexity index is 255. The Balaban J connectivity index is 0.000000956. The molecule has 0 aliphatic heterocycles. The molecule has 0 bridgehead atoms. The molecule has 0 radical (unpaired) electrons. The number of ether oxygens (including phenoxy) is 1. The van der Waals surface area contributed by atoms with Crippen molar-refractivity contribution in [3.8, 4) is 0 Å². The first-order chi connectivity index (χ1) is 9.58. The third-order valence-electron chi connectivity index (χ3n) is 4.46. The monoisotopic (exact) mass is 292 g/mol. The van der Waals surface area contributed by atoms with E-state index in [0.29, 0.717) is 25.4 Å². The van der Waals surface area contributed by atoms with Gasteiger partial charge in [0, 0.05) is 6.61 Å². The highest BCUT2D eigenvalue weighted by molar-refractivity contribution is 4.89. The molecule has 2 saturated carbocycles. The first kappa shape index (κ1) is 17.8. The van der Waals surface area contributed by atoms with Crippen LogP contribution in [0.3, 0.4) is 0 Å². The lowest BCUT2D eigenvalue weighted by atomic mass is 9.83. The Morgan fingerprint density at radius 3 is 2.15 bits per heavy atom. The predicted molar refractivity (Wildman–Crippen MR) is 77.2 cm³/mol. The Kier molecular flexibility index (Phi) is 7.96. The van der Waals surface area contributed by atoms with Gasteiger partial charge in [-0.25, -0.2) is 8.78 Å². The summed E-state index contributed by atoms with van der Waals surface area (Å²) in [7, 11) is 0. The normalized spacial score (nSPS) is 41.7. The first-order valence-corrected chi connectivity index (χ1v) is 8.15. The zero-order chi connectivity index (χ0) is 15.1. The van der Waals surface area contributed by atoms with E-state index in [2.05, 4.69) is 6.92 Å². The molecule has 0 aromatic carbocycles. The van der Waals surface area contributed by atoms with Crippen molar-refractivity contribution in [1.29, 1.82) is 0 Å². The minimum atomic E-state index is -1.78. The first-order valence-electron chi connectivity index (χ1n) is 8.15. The number of halogens is 2. The summed E-state index contributed by atoms with van der Waals surface area (Å²) in [6, 6.07) is 0. The van der Waals surface area contributed by atoms with Gasteiger partial charge in [-0.05, 0) is 37.5 Å². The highest BCUT2D eigenvalue weighted by Crippen LogP contribution is 2.31. The van der Waals surface area contributed by atoms with Gasteiger partial charge in [-0.15, -0.1) is 0 Å². The lowest BCUT2D eigenvalue weighted by Crippen LogP contribution is -2.45. The molecule has 0 aromatic rings. The van der Waals surface area contributed by atoms with Gasteiger partial charge < -0.3 is 9.84 Å². The molecule has 1 N–H and O–H groups in total. The molecule has 4 unspecified atom stereocenters. The smallest absolute Gasteiger partial charge is 0.160 e. The van der Waals surface area contributed by atoms with Crippen LogP contribution in [0.5, 0.6) is 0 Å². The minimum absolute atomic E-state index is 0.300. The van der Waals surface area contributed by atoms with Crippen molar-refractivity contribution in [2.75, 3.05) is 6.61 Å². The van der Waals surface area contributed by atoms with Gasteiger partial charge in [0.25, 0.3) is 0 Å². The maximum absolute atomic E-state index is 13.6. The fourth-order valence-electron chi connectivity index (χ4n) is 3.00. The second-order valence-electron chi connectivity index (χ2n) is 6.03. The van der Waals surface area contributed by atoms with Crippen LogP contribution in [-0.4, -0.2) is 36.3 Å². The van der Waals surface area contributed by atoms with Crippen LogP contribution in [0.1, 0.15) is 59.3 Å². The van der Waals surface area contributed by atoms with Crippen molar-refractivity contribution in [1.82, 2.24) is 0 Å². The highest BCUT2D eigenvalue weighted by Gasteiger charge is 2.40. The van der Waals surface area contributed by atoms with Crippen molar-refractivity contribution in [2.45, 2.75) is 83.8 Å². The maximum Gasteiger partial charge on any atom is 0.160 e. The molecule has 2 aliphatic rings. The zero-order valence-corrected chi connectivity index (χ0v) is 13.0. The summed E-state index contributed by atoms with van der Waals surface area (Å²) in [6.45, 7) is 6.80. The second kappa shape index (κ2) is 8.93. The van der Waals surface area contributed by atoms with Gasteiger partial charge in [-0.3, -0.25) is 0 Å². The molecule has 2 rings (SSSR count). The van der Waals surface area contributed by atoms with Crippen LogP contribution in [0.15, 0.2) is 0 Å². The summed E-state index contributed by atoms with van der Waals surface area (Å²) in [4.78, 5) is 0. The van der Waals surface area contributed by atoms with Crippen molar-refractivity contribution < 1.29 is 18.6 Å². The number of alkyl halides is 2. The van der Waals surface area contributed by atoms with Crippen molar-refractivity contribution in [2.24, 2.45) is 11.8 Å². The van der Waals surface area contributed by atoms with Crippen LogP contribution in [0.2, 0.25) is 0 Å². The lowest BCUT2D eigenvalue weighted by molar-refractivity contribution is -0.106. The quantitative estimate of drug-likeness (QED) is 0.850. The van der Waals surface area contributed by atoms with Gasteiger partial charge in [-0.1, -0.05) is 33.6 Å². The summed E-state index contributed by atoms with van der Waals surface area (Å²) < 4.78 is 32.5. The predicted octanol–water partition coefficient (Wildman–Crippen LogP) is 4.06. The molecule has 2 fully saturated rings. The van der Waals surface area contributed by atoms with Crippen LogP contribution in [-0.2, 0) is 4.74 Å². The molecule has 2 aliphatic carbocycles. The highest BCUT2D eigenvalue weighted by atomic mass is 19.2. The maximum atomic E-state index is 13.6. The van der Waals surface area contributed by atoms with E-state index in [4.69, 9.17) is 4.74 Å². The standard InChI is InChI=1S/C14H24F2O2.C2H6/c1-9-2-4-10(5-3-9)8-18-12-7-6-11(17)13(15)14(12)16;1-2/h9-14,17H,2-8H2,1H3;1-2H3. The fourth-order valence-corrected chi connectivity index (χ4v) is 3.00. The summed E-state index contributed by atoms with van der Waals surface area (Å²) in [5.74, 6) is 1.29.